The maximum absolute atomic E-state index is 12.3. The number of carbonyl (C=O) groups excluding carboxylic acids is 1. The van der Waals surface area contributed by atoms with Gasteiger partial charge < -0.3 is 14.8 Å². The summed E-state index contributed by atoms with van der Waals surface area (Å²) in [6.45, 7) is 1.77. The van der Waals surface area contributed by atoms with Gasteiger partial charge in [-0.15, -0.1) is 23.2 Å². The van der Waals surface area contributed by atoms with Gasteiger partial charge >= 0.3 is 0 Å². The van der Waals surface area contributed by atoms with Crippen molar-refractivity contribution in [2.24, 2.45) is 0 Å². The van der Waals surface area contributed by atoms with Crippen LogP contribution in [0, 0.1) is 0 Å². The second kappa shape index (κ2) is 6.87. The van der Waals surface area contributed by atoms with Gasteiger partial charge in [0.25, 0.3) is 5.91 Å². The van der Waals surface area contributed by atoms with Crippen molar-refractivity contribution in [3.05, 3.63) is 23.8 Å². The second-order valence-electron chi connectivity index (χ2n) is 4.32. The predicted molar refractivity (Wildman–Crippen MR) is 76.9 cm³/mol. The summed E-state index contributed by atoms with van der Waals surface area (Å²) in [6.07, 6.45) is 0. The molecular weight excluding hydrogens is 289 g/mol. The topological polar surface area (TPSA) is 47.6 Å². The SMILES string of the molecule is COc1cccc(OC)c1C(=O)NC(C)(CCl)CCl. The van der Waals surface area contributed by atoms with Crippen molar-refractivity contribution in [2.45, 2.75) is 12.5 Å². The van der Waals surface area contributed by atoms with Crippen LogP contribution >= 0.6 is 23.2 Å². The summed E-state index contributed by atoms with van der Waals surface area (Å²) >= 11 is 11.7. The fourth-order valence-corrected chi connectivity index (χ4v) is 1.93. The van der Waals surface area contributed by atoms with E-state index >= 15 is 0 Å². The van der Waals surface area contributed by atoms with Crippen molar-refractivity contribution >= 4 is 29.1 Å². The van der Waals surface area contributed by atoms with E-state index in [-0.39, 0.29) is 17.7 Å². The molecule has 0 heterocycles. The molecule has 0 unspecified atom stereocenters. The summed E-state index contributed by atoms with van der Waals surface area (Å²) in [7, 11) is 2.99. The number of rotatable bonds is 6. The molecule has 0 aromatic heterocycles. The lowest BCUT2D eigenvalue weighted by Gasteiger charge is -2.26. The molecule has 0 aliphatic carbocycles. The largest absolute Gasteiger partial charge is 0.496 e. The minimum atomic E-state index is -0.688. The third kappa shape index (κ3) is 3.67. The lowest BCUT2D eigenvalue weighted by atomic mass is 10.1. The van der Waals surface area contributed by atoms with E-state index in [0.717, 1.165) is 0 Å². The van der Waals surface area contributed by atoms with Crippen molar-refractivity contribution < 1.29 is 14.3 Å². The van der Waals surface area contributed by atoms with Gasteiger partial charge in [-0.25, -0.2) is 0 Å². The first-order valence-corrected chi connectivity index (χ1v) is 6.73. The van der Waals surface area contributed by atoms with Crippen LogP contribution in [0.5, 0.6) is 11.5 Å². The van der Waals surface area contributed by atoms with Crippen LogP contribution < -0.4 is 14.8 Å². The zero-order valence-electron chi connectivity index (χ0n) is 11.1. The highest BCUT2D eigenvalue weighted by Gasteiger charge is 2.28. The second-order valence-corrected chi connectivity index (χ2v) is 4.85. The van der Waals surface area contributed by atoms with Gasteiger partial charge in [-0.05, 0) is 19.1 Å². The number of halogens is 2. The van der Waals surface area contributed by atoms with Gasteiger partial charge in [-0.3, -0.25) is 4.79 Å². The zero-order chi connectivity index (χ0) is 14.5. The van der Waals surface area contributed by atoms with Crippen molar-refractivity contribution in [3.8, 4) is 11.5 Å². The van der Waals surface area contributed by atoms with E-state index < -0.39 is 5.54 Å². The maximum Gasteiger partial charge on any atom is 0.259 e. The van der Waals surface area contributed by atoms with Gasteiger partial charge in [0.1, 0.15) is 17.1 Å². The zero-order valence-corrected chi connectivity index (χ0v) is 12.6. The van der Waals surface area contributed by atoms with E-state index in [4.69, 9.17) is 32.7 Å². The standard InChI is InChI=1S/C13H17Cl2NO3/c1-13(7-14,8-15)16-12(17)11-9(18-2)5-4-6-10(11)19-3/h4-6H,7-8H2,1-3H3,(H,16,17). The number of benzene rings is 1. The Hall–Kier alpha value is -1.13. The molecule has 0 bridgehead atoms. The Morgan fingerprint density at radius 1 is 1.21 bits per heavy atom. The Labute approximate surface area is 123 Å². The Bertz CT molecular complexity index is 425. The van der Waals surface area contributed by atoms with Gasteiger partial charge in [0, 0.05) is 11.8 Å². The molecule has 0 spiro atoms. The maximum atomic E-state index is 12.3. The van der Waals surface area contributed by atoms with Gasteiger partial charge in [0.15, 0.2) is 0 Å². The highest BCUT2D eigenvalue weighted by Crippen LogP contribution is 2.28. The Balaban J connectivity index is 3.11. The molecule has 0 atom stereocenters. The van der Waals surface area contributed by atoms with Crippen molar-refractivity contribution in [3.63, 3.8) is 0 Å². The molecule has 1 aromatic rings. The van der Waals surface area contributed by atoms with Crippen molar-refractivity contribution in [1.82, 2.24) is 5.32 Å². The summed E-state index contributed by atoms with van der Waals surface area (Å²) in [4.78, 5) is 12.3. The van der Waals surface area contributed by atoms with Gasteiger partial charge in [-0.1, -0.05) is 6.07 Å². The predicted octanol–water partition coefficient (Wildman–Crippen LogP) is 2.67. The highest BCUT2D eigenvalue weighted by atomic mass is 35.5. The normalized spacial score (nSPS) is 11.0. The van der Waals surface area contributed by atoms with E-state index in [0.29, 0.717) is 17.1 Å². The van der Waals surface area contributed by atoms with Gasteiger partial charge in [0.2, 0.25) is 0 Å². The quantitative estimate of drug-likeness (QED) is 0.822. The third-order valence-corrected chi connectivity index (χ3v) is 3.84. The van der Waals surface area contributed by atoms with Crippen LogP contribution in [0.2, 0.25) is 0 Å². The van der Waals surface area contributed by atoms with Crippen LogP contribution in [-0.4, -0.2) is 37.4 Å². The molecule has 1 N–H and O–H groups in total. The van der Waals surface area contributed by atoms with Crippen LogP contribution in [0.3, 0.4) is 0 Å². The molecule has 4 nitrogen and oxygen atoms in total. The number of alkyl halides is 2. The van der Waals surface area contributed by atoms with Crippen LogP contribution in [0.1, 0.15) is 17.3 Å². The Morgan fingerprint density at radius 3 is 2.05 bits per heavy atom. The smallest absolute Gasteiger partial charge is 0.259 e. The number of hydrogen-bond acceptors (Lipinski definition) is 3. The summed E-state index contributed by atoms with van der Waals surface area (Å²) in [5.74, 6) is 0.948. The minimum absolute atomic E-state index is 0.208. The summed E-state index contributed by atoms with van der Waals surface area (Å²) < 4.78 is 10.4. The molecule has 0 aliphatic rings. The van der Waals surface area contributed by atoms with Crippen LogP contribution in [0.4, 0.5) is 0 Å². The monoisotopic (exact) mass is 305 g/mol. The summed E-state index contributed by atoms with van der Waals surface area (Å²) in [6, 6.07) is 5.13. The van der Waals surface area contributed by atoms with Gasteiger partial charge in [-0.2, -0.15) is 0 Å². The minimum Gasteiger partial charge on any atom is -0.496 e. The van der Waals surface area contributed by atoms with E-state index in [1.165, 1.54) is 14.2 Å². The van der Waals surface area contributed by atoms with Crippen LogP contribution in [-0.2, 0) is 0 Å². The fraction of sp³-hybridized carbons (Fsp3) is 0.462. The van der Waals surface area contributed by atoms with Crippen molar-refractivity contribution in [2.75, 3.05) is 26.0 Å². The lowest BCUT2D eigenvalue weighted by molar-refractivity contribution is 0.0915. The number of amides is 1. The van der Waals surface area contributed by atoms with Gasteiger partial charge in [0.05, 0.1) is 19.8 Å². The molecule has 0 aliphatic heterocycles. The third-order valence-electron chi connectivity index (χ3n) is 2.66. The number of carbonyl (C=O) groups is 1. The lowest BCUT2D eigenvalue weighted by Crippen LogP contribution is -2.49. The number of hydrogen-bond donors (Lipinski definition) is 1. The van der Waals surface area contributed by atoms with Crippen molar-refractivity contribution in [1.29, 1.82) is 0 Å². The first-order chi connectivity index (χ1) is 9.01. The van der Waals surface area contributed by atoms with E-state index in [1.54, 1.807) is 25.1 Å². The molecular formula is C13H17Cl2NO3. The Kier molecular flexibility index (Phi) is 5.76. The molecule has 0 fully saturated rings. The molecule has 6 heteroatoms. The Morgan fingerprint density at radius 2 is 1.68 bits per heavy atom. The number of nitrogens with one attached hydrogen (secondary N) is 1. The first-order valence-electron chi connectivity index (χ1n) is 5.66. The molecule has 1 rings (SSSR count). The average molecular weight is 306 g/mol. The van der Waals surface area contributed by atoms with Crippen LogP contribution in [0.15, 0.2) is 18.2 Å². The molecule has 1 amide bonds. The molecule has 0 radical (unpaired) electrons. The van der Waals surface area contributed by atoms with E-state index in [9.17, 15) is 4.79 Å². The average Bonchev–Trinajstić information content (AvgIpc) is 2.45. The fourth-order valence-electron chi connectivity index (χ4n) is 1.51. The molecule has 0 saturated heterocycles. The molecule has 0 saturated carbocycles. The molecule has 106 valence electrons. The number of methoxy groups -OCH3 is 2. The van der Waals surface area contributed by atoms with Crippen LogP contribution in [0.25, 0.3) is 0 Å². The molecule has 19 heavy (non-hydrogen) atoms. The summed E-state index contributed by atoms with van der Waals surface area (Å²) in [5, 5.41) is 2.80. The summed E-state index contributed by atoms with van der Waals surface area (Å²) in [5.41, 5.74) is -0.361. The highest BCUT2D eigenvalue weighted by molar-refractivity contribution is 6.22. The number of ether oxygens (including phenoxy) is 2. The molecule has 1 aromatic carbocycles. The first kappa shape index (κ1) is 15.9. The van der Waals surface area contributed by atoms with E-state index in [1.807, 2.05) is 0 Å². The van der Waals surface area contributed by atoms with E-state index in [2.05, 4.69) is 5.32 Å².